The summed E-state index contributed by atoms with van der Waals surface area (Å²) in [5.74, 6) is 1.41. The number of carboxylic acid groups (broad SMARTS) is 1. The van der Waals surface area contributed by atoms with E-state index in [1.807, 2.05) is 17.1 Å². The molecule has 0 aromatic carbocycles. The molecule has 0 amide bonds. The van der Waals surface area contributed by atoms with Crippen LogP contribution >= 0.6 is 34.9 Å². The van der Waals surface area contributed by atoms with Crippen molar-refractivity contribution in [2.24, 2.45) is 0 Å². The van der Waals surface area contributed by atoms with Gasteiger partial charge in [0.15, 0.2) is 0 Å². The van der Waals surface area contributed by atoms with Crippen molar-refractivity contribution in [3.63, 3.8) is 0 Å². The van der Waals surface area contributed by atoms with E-state index in [0.717, 1.165) is 10.6 Å². The van der Waals surface area contributed by atoms with Crippen LogP contribution in [-0.4, -0.2) is 28.8 Å². The van der Waals surface area contributed by atoms with Crippen LogP contribution in [0.25, 0.3) is 0 Å². The van der Waals surface area contributed by atoms with E-state index in [-0.39, 0.29) is 0 Å². The summed E-state index contributed by atoms with van der Waals surface area (Å²) in [6.45, 7) is 0. The molecule has 0 aliphatic rings. The van der Waals surface area contributed by atoms with Gasteiger partial charge in [-0.05, 0) is 30.2 Å². The Morgan fingerprint density at radius 3 is 2.93 bits per heavy atom. The van der Waals surface area contributed by atoms with E-state index in [4.69, 9.17) is 5.11 Å². The van der Waals surface area contributed by atoms with Gasteiger partial charge in [-0.25, -0.2) is 4.79 Å². The third-order valence-corrected chi connectivity index (χ3v) is 4.37. The molecule has 1 rings (SSSR count). The van der Waals surface area contributed by atoms with Gasteiger partial charge in [-0.3, -0.25) is 0 Å². The highest BCUT2D eigenvalue weighted by atomic mass is 32.2. The molecular formula is C9H12O2S3. The normalized spacial score (nSPS) is 10.4. The van der Waals surface area contributed by atoms with E-state index in [0.29, 0.717) is 4.88 Å². The van der Waals surface area contributed by atoms with E-state index in [9.17, 15) is 4.79 Å². The van der Waals surface area contributed by atoms with Gasteiger partial charge in [0.05, 0.1) is 0 Å². The zero-order chi connectivity index (χ0) is 10.4. The summed E-state index contributed by atoms with van der Waals surface area (Å²) in [5, 5.41) is 10.6. The van der Waals surface area contributed by atoms with Crippen LogP contribution in [-0.2, 0) is 0 Å². The molecule has 1 N–H and O–H groups in total. The number of rotatable bonds is 6. The van der Waals surface area contributed by atoms with E-state index >= 15 is 0 Å². The Kier molecular flexibility index (Phi) is 5.44. The highest BCUT2D eigenvalue weighted by Gasteiger charge is 2.06. The van der Waals surface area contributed by atoms with Crippen molar-refractivity contribution in [2.45, 2.75) is 11.3 Å². The summed E-state index contributed by atoms with van der Waals surface area (Å²) in [6, 6.07) is 1.75. The molecular weight excluding hydrogens is 236 g/mol. The summed E-state index contributed by atoms with van der Waals surface area (Å²) in [6.07, 6.45) is 3.27. The highest BCUT2D eigenvalue weighted by Crippen LogP contribution is 2.25. The van der Waals surface area contributed by atoms with Gasteiger partial charge in [-0.1, -0.05) is 0 Å². The van der Waals surface area contributed by atoms with Crippen LogP contribution < -0.4 is 0 Å². The molecule has 14 heavy (non-hydrogen) atoms. The van der Waals surface area contributed by atoms with Crippen LogP contribution in [0.3, 0.4) is 0 Å². The van der Waals surface area contributed by atoms with Gasteiger partial charge in [-0.15, -0.1) is 23.1 Å². The van der Waals surface area contributed by atoms with Gasteiger partial charge in [0, 0.05) is 10.3 Å². The topological polar surface area (TPSA) is 37.3 Å². The monoisotopic (exact) mass is 248 g/mol. The van der Waals surface area contributed by atoms with Gasteiger partial charge >= 0.3 is 5.97 Å². The van der Waals surface area contributed by atoms with Gasteiger partial charge in [0.25, 0.3) is 0 Å². The van der Waals surface area contributed by atoms with E-state index in [1.54, 1.807) is 17.8 Å². The Morgan fingerprint density at radius 1 is 1.57 bits per heavy atom. The zero-order valence-electron chi connectivity index (χ0n) is 7.86. The summed E-state index contributed by atoms with van der Waals surface area (Å²) in [5.41, 5.74) is 0. The molecule has 0 saturated heterocycles. The van der Waals surface area contributed by atoms with E-state index < -0.39 is 5.97 Å². The lowest BCUT2D eigenvalue weighted by Gasteiger charge is -1.96. The Labute approximate surface area is 96.1 Å². The van der Waals surface area contributed by atoms with E-state index in [2.05, 4.69) is 6.26 Å². The van der Waals surface area contributed by atoms with Gasteiger partial charge in [0.2, 0.25) is 0 Å². The van der Waals surface area contributed by atoms with Crippen molar-refractivity contribution in [1.82, 2.24) is 0 Å². The Bertz CT molecular complexity index is 296. The van der Waals surface area contributed by atoms with Crippen molar-refractivity contribution in [3.05, 3.63) is 16.3 Å². The fourth-order valence-electron chi connectivity index (χ4n) is 0.900. The molecule has 1 aromatic heterocycles. The molecule has 0 aliphatic heterocycles. The predicted octanol–water partition coefficient (Wildman–Crippen LogP) is 3.29. The SMILES string of the molecule is CSCCCSc1csc(C(=O)O)c1. The van der Waals surface area contributed by atoms with Crippen LogP contribution in [0.1, 0.15) is 16.1 Å². The molecule has 0 bridgehead atoms. The minimum Gasteiger partial charge on any atom is -0.477 e. The van der Waals surface area contributed by atoms with Crippen molar-refractivity contribution >= 4 is 40.8 Å². The van der Waals surface area contributed by atoms with E-state index in [1.165, 1.54) is 23.5 Å². The third kappa shape index (κ3) is 3.94. The van der Waals surface area contributed by atoms with Crippen molar-refractivity contribution in [3.8, 4) is 0 Å². The van der Waals surface area contributed by atoms with Crippen LogP contribution in [0.15, 0.2) is 16.3 Å². The summed E-state index contributed by atoms with van der Waals surface area (Å²) in [4.78, 5) is 12.1. The number of carbonyl (C=O) groups is 1. The molecule has 78 valence electrons. The first kappa shape index (κ1) is 11.9. The molecule has 0 fully saturated rings. The number of thiophene rings is 1. The average molecular weight is 248 g/mol. The Hall–Kier alpha value is -0.130. The predicted molar refractivity (Wildman–Crippen MR) is 65.0 cm³/mol. The molecule has 1 aromatic rings. The molecule has 5 heteroatoms. The summed E-state index contributed by atoms with van der Waals surface area (Å²) >= 11 is 4.87. The van der Waals surface area contributed by atoms with Gasteiger partial charge in [0.1, 0.15) is 4.88 Å². The van der Waals surface area contributed by atoms with Crippen LogP contribution in [0, 0.1) is 0 Å². The second-order valence-electron chi connectivity index (χ2n) is 2.65. The Morgan fingerprint density at radius 2 is 2.36 bits per heavy atom. The maximum absolute atomic E-state index is 10.6. The fraction of sp³-hybridized carbons (Fsp3) is 0.444. The average Bonchev–Trinajstić information content (AvgIpc) is 2.61. The number of aromatic carboxylic acids is 1. The van der Waals surface area contributed by atoms with Gasteiger partial charge < -0.3 is 5.11 Å². The number of hydrogen-bond acceptors (Lipinski definition) is 4. The summed E-state index contributed by atoms with van der Waals surface area (Å²) in [7, 11) is 0. The molecule has 0 atom stereocenters. The van der Waals surface area contributed by atoms with Crippen molar-refractivity contribution in [1.29, 1.82) is 0 Å². The molecule has 2 nitrogen and oxygen atoms in total. The smallest absolute Gasteiger partial charge is 0.345 e. The minimum absolute atomic E-state index is 0.428. The quantitative estimate of drug-likeness (QED) is 0.619. The third-order valence-electron chi connectivity index (χ3n) is 1.55. The van der Waals surface area contributed by atoms with Crippen molar-refractivity contribution < 1.29 is 9.90 Å². The molecule has 0 spiro atoms. The van der Waals surface area contributed by atoms with Crippen LogP contribution in [0.5, 0.6) is 0 Å². The zero-order valence-corrected chi connectivity index (χ0v) is 10.3. The maximum atomic E-state index is 10.6. The number of hydrogen-bond donors (Lipinski definition) is 1. The maximum Gasteiger partial charge on any atom is 0.345 e. The van der Waals surface area contributed by atoms with Crippen LogP contribution in [0.2, 0.25) is 0 Å². The minimum atomic E-state index is -0.828. The second kappa shape index (κ2) is 6.37. The highest BCUT2D eigenvalue weighted by molar-refractivity contribution is 8.00. The first-order valence-corrected chi connectivity index (χ1v) is 7.43. The van der Waals surface area contributed by atoms with Crippen molar-refractivity contribution in [2.75, 3.05) is 17.8 Å². The molecule has 0 aliphatic carbocycles. The lowest BCUT2D eigenvalue weighted by molar-refractivity contribution is 0.0702. The molecule has 0 unspecified atom stereocenters. The number of carboxylic acids is 1. The molecule has 0 radical (unpaired) electrons. The first-order chi connectivity index (χ1) is 6.74. The second-order valence-corrected chi connectivity index (χ2v) is 5.71. The molecule has 0 saturated carbocycles. The van der Waals surface area contributed by atoms with Crippen LogP contribution in [0.4, 0.5) is 0 Å². The fourth-order valence-corrected chi connectivity index (χ4v) is 3.34. The lowest BCUT2D eigenvalue weighted by Crippen LogP contribution is -1.89. The van der Waals surface area contributed by atoms with Gasteiger partial charge in [-0.2, -0.15) is 11.8 Å². The first-order valence-electron chi connectivity index (χ1n) is 4.17. The largest absolute Gasteiger partial charge is 0.477 e. The number of thioether (sulfide) groups is 2. The standard InChI is InChI=1S/C9H12O2S3/c1-12-3-2-4-13-7-5-8(9(10)11)14-6-7/h5-6H,2-4H2,1H3,(H,10,11). The Balaban J connectivity index is 2.33. The lowest BCUT2D eigenvalue weighted by atomic mass is 10.5. The summed E-state index contributed by atoms with van der Waals surface area (Å²) < 4.78 is 0. The molecule has 1 heterocycles.